The van der Waals surface area contributed by atoms with Crippen LogP contribution in [0.1, 0.15) is 16.7 Å². The fraction of sp³-hybridized carbons (Fsp3) is 0.0526. The number of hydrogen-bond donors (Lipinski definition) is 4. The molecule has 0 fully saturated rings. The highest BCUT2D eigenvalue weighted by molar-refractivity contribution is 5.99. The minimum Gasteiger partial charge on any atom is -0.384 e. The first-order chi connectivity index (χ1) is 11.5. The smallest absolute Gasteiger partial charge is 0.191 e. The highest BCUT2D eigenvalue weighted by atomic mass is 15.0. The summed E-state index contributed by atoms with van der Waals surface area (Å²) in [5.41, 5.74) is 20.2. The molecule has 7 N–H and O–H groups in total. The van der Waals surface area contributed by atoms with E-state index in [1.54, 1.807) is 0 Å². The van der Waals surface area contributed by atoms with Crippen molar-refractivity contribution in [2.75, 3.05) is 0 Å². The molecule has 0 saturated heterocycles. The lowest BCUT2D eigenvalue weighted by molar-refractivity contribution is 1.20. The molecule has 0 amide bonds. The van der Waals surface area contributed by atoms with Crippen LogP contribution in [-0.2, 0) is 6.42 Å². The third kappa shape index (κ3) is 3.52. The predicted octanol–water partition coefficient (Wildman–Crippen LogP) is 2.62. The van der Waals surface area contributed by atoms with Gasteiger partial charge in [0.15, 0.2) is 5.96 Å². The molecule has 3 rings (SSSR count). The molecule has 0 radical (unpaired) electrons. The maximum atomic E-state index is 7.51. The summed E-state index contributed by atoms with van der Waals surface area (Å²) >= 11 is 0. The number of nitrogens with one attached hydrogen (secondary N) is 1. The number of nitrogens with zero attached hydrogens (tertiary/aromatic N) is 1. The van der Waals surface area contributed by atoms with Crippen molar-refractivity contribution < 1.29 is 0 Å². The van der Waals surface area contributed by atoms with Crippen LogP contribution in [0.25, 0.3) is 10.8 Å². The van der Waals surface area contributed by atoms with Crippen molar-refractivity contribution in [1.82, 2.24) is 0 Å². The van der Waals surface area contributed by atoms with Gasteiger partial charge in [-0.2, -0.15) is 0 Å². The van der Waals surface area contributed by atoms with Gasteiger partial charge in [-0.3, -0.25) is 5.41 Å². The minimum absolute atomic E-state index is 0.0576. The summed E-state index contributed by atoms with van der Waals surface area (Å²) in [6.07, 6.45) is 0.826. The monoisotopic (exact) mass is 317 g/mol. The number of benzene rings is 3. The van der Waals surface area contributed by atoms with Crippen molar-refractivity contribution in [3.8, 4) is 0 Å². The molecule has 3 aromatic carbocycles. The zero-order valence-electron chi connectivity index (χ0n) is 13.2. The van der Waals surface area contributed by atoms with Gasteiger partial charge in [-0.15, -0.1) is 0 Å². The molecule has 0 aliphatic heterocycles. The average Bonchev–Trinajstić information content (AvgIpc) is 2.55. The zero-order valence-corrected chi connectivity index (χ0v) is 13.2. The fourth-order valence-electron chi connectivity index (χ4n) is 2.65. The Kier molecular flexibility index (Phi) is 4.16. The Morgan fingerprint density at radius 1 is 0.792 bits per heavy atom. The first-order valence-corrected chi connectivity index (χ1v) is 7.57. The van der Waals surface area contributed by atoms with E-state index in [0.29, 0.717) is 0 Å². The van der Waals surface area contributed by atoms with Crippen LogP contribution in [0, 0.1) is 5.41 Å². The second-order valence-electron chi connectivity index (χ2n) is 5.69. The van der Waals surface area contributed by atoms with Crippen molar-refractivity contribution in [1.29, 1.82) is 5.41 Å². The van der Waals surface area contributed by atoms with E-state index in [1.165, 1.54) is 11.1 Å². The fourth-order valence-corrected chi connectivity index (χ4v) is 2.65. The van der Waals surface area contributed by atoms with Gasteiger partial charge < -0.3 is 17.2 Å². The molecule has 0 aliphatic carbocycles. The maximum absolute atomic E-state index is 7.51. The minimum atomic E-state index is 0.0576. The molecular weight excluding hydrogens is 298 g/mol. The Labute approximate surface area is 140 Å². The predicted molar refractivity (Wildman–Crippen MR) is 99.7 cm³/mol. The van der Waals surface area contributed by atoms with Crippen LogP contribution in [0.2, 0.25) is 0 Å². The summed E-state index contributed by atoms with van der Waals surface area (Å²) in [6.45, 7) is 0. The molecule has 120 valence electrons. The number of fused-ring (bicyclic) bond motifs is 1. The number of amidine groups is 1. The molecule has 24 heavy (non-hydrogen) atoms. The van der Waals surface area contributed by atoms with Gasteiger partial charge in [0.2, 0.25) is 0 Å². The molecule has 0 aromatic heterocycles. The molecule has 0 spiro atoms. The highest BCUT2D eigenvalue weighted by Crippen LogP contribution is 2.21. The van der Waals surface area contributed by atoms with E-state index in [2.05, 4.69) is 23.2 Å². The lowest BCUT2D eigenvalue weighted by Crippen LogP contribution is -2.21. The molecular formula is C19H19N5. The van der Waals surface area contributed by atoms with Crippen molar-refractivity contribution in [2.45, 2.75) is 6.42 Å². The zero-order chi connectivity index (χ0) is 17.1. The molecule has 0 saturated carbocycles. The standard InChI is InChI=1S/C19H19N5/c20-18(21)16-6-5-14-10-13(1-4-15(14)11-16)9-12-2-7-17(8-3-12)24-19(22)23/h1-8,10-11H,9H2,(H3,20,21)(H4,22,23,24). The Bertz CT molecular complexity index is 922. The van der Waals surface area contributed by atoms with Gasteiger partial charge >= 0.3 is 0 Å². The van der Waals surface area contributed by atoms with Crippen LogP contribution in [0.3, 0.4) is 0 Å². The number of rotatable bonds is 4. The van der Waals surface area contributed by atoms with Gasteiger partial charge in [0.25, 0.3) is 0 Å². The van der Waals surface area contributed by atoms with E-state index >= 15 is 0 Å². The van der Waals surface area contributed by atoms with E-state index in [-0.39, 0.29) is 11.8 Å². The van der Waals surface area contributed by atoms with E-state index in [1.807, 2.05) is 42.5 Å². The number of aliphatic imine (C=N–C) groups is 1. The van der Waals surface area contributed by atoms with Crippen LogP contribution >= 0.6 is 0 Å². The second-order valence-corrected chi connectivity index (χ2v) is 5.69. The Hall–Kier alpha value is -3.34. The Morgan fingerprint density at radius 3 is 2.08 bits per heavy atom. The summed E-state index contributed by atoms with van der Waals surface area (Å²) in [5.74, 6) is 0.143. The lowest BCUT2D eigenvalue weighted by Gasteiger charge is -2.06. The van der Waals surface area contributed by atoms with Crippen molar-refractivity contribution in [3.05, 3.63) is 77.4 Å². The molecule has 0 unspecified atom stereocenters. The number of nitrogen functional groups attached to an aromatic ring is 1. The molecule has 5 nitrogen and oxygen atoms in total. The number of hydrogen-bond acceptors (Lipinski definition) is 2. The van der Waals surface area contributed by atoms with Crippen LogP contribution in [0.15, 0.2) is 65.7 Å². The normalized spacial score (nSPS) is 10.5. The molecule has 0 bridgehead atoms. The summed E-state index contributed by atoms with van der Waals surface area (Å²) < 4.78 is 0. The van der Waals surface area contributed by atoms with Crippen LogP contribution in [0.5, 0.6) is 0 Å². The topological polar surface area (TPSA) is 114 Å². The quantitative estimate of drug-likeness (QED) is 0.438. The molecule has 0 atom stereocenters. The van der Waals surface area contributed by atoms with Crippen molar-refractivity contribution in [3.63, 3.8) is 0 Å². The van der Waals surface area contributed by atoms with Crippen LogP contribution in [-0.4, -0.2) is 11.8 Å². The van der Waals surface area contributed by atoms with Gasteiger partial charge in [0.05, 0.1) is 5.69 Å². The largest absolute Gasteiger partial charge is 0.384 e. The van der Waals surface area contributed by atoms with E-state index < -0.39 is 0 Å². The highest BCUT2D eigenvalue weighted by Gasteiger charge is 2.02. The second kappa shape index (κ2) is 6.42. The van der Waals surface area contributed by atoms with Gasteiger partial charge in [-0.25, -0.2) is 4.99 Å². The third-order valence-electron chi connectivity index (χ3n) is 3.82. The van der Waals surface area contributed by atoms with E-state index in [0.717, 1.165) is 28.4 Å². The third-order valence-corrected chi connectivity index (χ3v) is 3.82. The maximum Gasteiger partial charge on any atom is 0.191 e. The van der Waals surface area contributed by atoms with Gasteiger partial charge in [-0.05, 0) is 46.5 Å². The number of nitrogens with two attached hydrogens (primary N) is 3. The summed E-state index contributed by atoms with van der Waals surface area (Å²) in [7, 11) is 0. The summed E-state index contributed by atoms with van der Waals surface area (Å²) in [4.78, 5) is 4.02. The van der Waals surface area contributed by atoms with Crippen molar-refractivity contribution in [2.24, 2.45) is 22.2 Å². The summed E-state index contributed by atoms with van der Waals surface area (Å²) in [6, 6.07) is 20.0. The summed E-state index contributed by atoms with van der Waals surface area (Å²) in [5, 5.41) is 9.73. The Balaban J connectivity index is 1.83. The molecule has 0 aliphatic rings. The molecule has 3 aromatic rings. The van der Waals surface area contributed by atoms with Gasteiger partial charge in [0.1, 0.15) is 5.84 Å². The first kappa shape index (κ1) is 15.6. The van der Waals surface area contributed by atoms with Gasteiger partial charge in [-0.1, -0.05) is 42.5 Å². The van der Waals surface area contributed by atoms with Crippen LogP contribution in [0.4, 0.5) is 5.69 Å². The average molecular weight is 317 g/mol. The first-order valence-electron chi connectivity index (χ1n) is 7.57. The molecule has 5 heteroatoms. The molecule has 0 heterocycles. The lowest BCUT2D eigenvalue weighted by atomic mass is 9.99. The SMILES string of the molecule is N=C(N)c1ccc2cc(Cc3ccc(N=C(N)N)cc3)ccc2c1. The van der Waals surface area contributed by atoms with Crippen LogP contribution < -0.4 is 17.2 Å². The Morgan fingerprint density at radius 2 is 1.42 bits per heavy atom. The van der Waals surface area contributed by atoms with E-state index in [9.17, 15) is 0 Å². The number of guanidine groups is 1. The van der Waals surface area contributed by atoms with Gasteiger partial charge in [0, 0.05) is 5.56 Å². The van der Waals surface area contributed by atoms with Crippen molar-refractivity contribution >= 4 is 28.3 Å². The van der Waals surface area contributed by atoms with E-state index in [4.69, 9.17) is 22.6 Å².